The first-order valence-electron chi connectivity index (χ1n) is 9.60. The lowest BCUT2D eigenvalue weighted by Gasteiger charge is -2.09. The number of nitrogens with one attached hydrogen (secondary N) is 3. The molecule has 0 radical (unpaired) electrons. The molecular weight excluding hydrogens is 442 g/mol. The summed E-state index contributed by atoms with van der Waals surface area (Å²) < 4.78 is 28.2. The standard InChI is InChI=1S/C20H22ClN5O4S/c1-2-3-10-22-20(28)25-31(29,30)17-7-5-15(6-8-17)24-19(27)11-16-13-26-12-14(21)4-9-18(26)23-16/h4-9,12-13H,2-3,10-11H2,1H3,(H,24,27)(H2,22,25,28). The van der Waals surface area contributed by atoms with Crippen LogP contribution in [0.25, 0.3) is 5.65 Å². The zero-order valence-corrected chi connectivity index (χ0v) is 18.3. The molecule has 9 nitrogen and oxygen atoms in total. The van der Waals surface area contributed by atoms with E-state index in [9.17, 15) is 18.0 Å². The number of halogens is 1. The molecule has 3 rings (SSSR count). The number of nitrogens with zero attached hydrogens (tertiary/aromatic N) is 2. The van der Waals surface area contributed by atoms with Crippen molar-refractivity contribution in [1.82, 2.24) is 19.4 Å². The first-order chi connectivity index (χ1) is 14.8. The third-order valence-electron chi connectivity index (χ3n) is 4.30. The van der Waals surface area contributed by atoms with Crippen LogP contribution in [0.15, 0.2) is 53.7 Å². The van der Waals surface area contributed by atoms with Gasteiger partial charge in [0.2, 0.25) is 5.91 Å². The lowest BCUT2D eigenvalue weighted by molar-refractivity contribution is -0.115. The molecule has 0 unspecified atom stereocenters. The van der Waals surface area contributed by atoms with Crippen LogP contribution in [0.2, 0.25) is 5.02 Å². The molecule has 0 saturated heterocycles. The number of pyridine rings is 1. The molecule has 0 fully saturated rings. The quantitative estimate of drug-likeness (QED) is 0.443. The normalized spacial score (nSPS) is 11.3. The molecule has 164 valence electrons. The third-order valence-corrected chi connectivity index (χ3v) is 5.87. The summed E-state index contributed by atoms with van der Waals surface area (Å²) >= 11 is 5.94. The van der Waals surface area contributed by atoms with E-state index >= 15 is 0 Å². The van der Waals surface area contributed by atoms with Gasteiger partial charge in [-0.3, -0.25) is 4.79 Å². The number of unbranched alkanes of at least 4 members (excludes halogenated alkanes) is 1. The van der Waals surface area contributed by atoms with Crippen molar-refractivity contribution in [2.45, 2.75) is 31.1 Å². The number of rotatable bonds is 8. The van der Waals surface area contributed by atoms with Crippen LogP contribution in [-0.4, -0.2) is 36.3 Å². The van der Waals surface area contributed by atoms with E-state index in [2.05, 4.69) is 15.6 Å². The van der Waals surface area contributed by atoms with E-state index in [4.69, 9.17) is 11.6 Å². The van der Waals surface area contributed by atoms with E-state index in [0.29, 0.717) is 28.6 Å². The Bertz CT molecular complexity index is 1190. The topological polar surface area (TPSA) is 122 Å². The molecule has 3 aromatic rings. The summed E-state index contributed by atoms with van der Waals surface area (Å²) in [5.41, 5.74) is 1.66. The fourth-order valence-corrected chi connectivity index (χ4v) is 3.88. The van der Waals surface area contributed by atoms with Crippen molar-refractivity contribution in [2.24, 2.45) is 0 Å². The van der Waals surface area contributed by atoms with E-state index < -0.39 is 16.1 Å². The number of hydrogen-bond donors (Lipinski definition) is 3. The highest BCUT2D eigenvalue weighted by molar-refractivity contribution is 7.90. The molecule has 0 saturated carbocycles. The first-order valence-corrected chi connectivity index (χ1v) is 11.5. The first kappa shape index (κ1) is 22.6. The Kier molecular flexibility index (Phi) is 7.13. The Balaban J connectivity index is 1.58. The van der Waals surface area contributed by atoms with Gasteiger partial charge in [-0.05, 0) is 42.8 Å². The fraction of sp³-hybridized carbons (Fsp3) is 0.250. The van der Waals surface area contributed by atoms with Crippen LogP contribution in [0, 0.1) is 0 Å². The van der Waals surface area contributed by atoms with Crippen molar-refractivity contribution < 1.29 is 18.0 Å². The van der Waals surface area contributed by atoms with Gasteiger partial charge in [0.15, 0.2) is 0 Å². The van der Waals surface area contributed by atoms with Gasteiger partial charge in [0.1, 0.15) is 5.65 Å². The van der Waals surface area contributed by atoms with Gasteiger partial charge in [0, 0.05) is 24.6 Å². The zero-order valence-electron chi connectivity index (χ0n) is 16.8. The van der Waals surface area contributed by atoms with E-state index in [1.165, 1.54) is 24.3 Å². The molecular formula is C20H22ClN5O4S. The number of sulfonamides is 1. The van der Waals surface area contributed by atoms with Gasteiger partial charge >= 0.3 is 6.03 Å². The van der Waals surface area contributed by atoms with E-state index in [0.717, 1.165) is 12.8 Å². The number of hydrogen-bond acceptors (Lipinski definition) is 5. The fourth-order valence-electron chi connectivity index (χ4n) is 2.79. The maximum atomic E-state index is 12.3. The van der Waals surface area contributed by atoms with E-state index in [1.807, 2.05) is 11.6 Å². The highest BCUT2D eigenvalue weighted by Gasteiger charge is 2.17. The molecule has 11 heteroatoms. The summed E-state index contributed by atoms with van der Waals surface area (Å²) in [5.74, 6) is -0.307. The molecule has 0 aliphatic carbocycles. The van der Waals surface area contributed by atoms with Gasteiger partial charge in [0.05, 0.1) is 22.0 Å². The number of fused-ring (bicyclic) bond motifs is 1. The minimum Gasteiger partial charge on any atom is -0.337 e. The van der Waals surface area contributed by atoms with Crippen molar-refractivity contribution in [3.05, 3.63) is 59.5 Å². The zero-order chi connectivity index (χ0) is 22.4. The summed E-state index contributed by atoms with van der Waals surface area (Å²) in [6.45, 7) is 2.35. The van der Waals surface area contributed by atoms with Gasteiger partial charge in [-0.25, -0.2) is 22.9 Å². The van der Waals surface area contributed by atoms with Gasteiger partial charge in [-0.1, -0.05) is 24.9 Å². The van der Waals surface area contributed by atoms with Gasteiger partial charge in [0.25, 0.3) is 10.0 Å². The average Bonchev–Trinajstić information content (AvgIpc) is 3.09. The SMILES string of the molecule is CCCCNC(=O)NS(=O)(=O)c1ccc(NC(=O)Cc2cn3cc(Cl)ccc3n2)cc1. The highest BCUT2D eigenvalue weighted by atomic mass is 35.5. The number of aromatic nitrogens is 2. The summed E-state index contributed by atoms with van der Waals surface area (Å²) in [5, 5.41) is 5.73. The number of imidazole rings is 1. The number of carbonyl (C=O) groups is 2. The minimum atomic E-state index is -4.01. The predicted octanol–water partition coefficient (Wildman–Crippen LogP) is 2.96. The Labute approximate surface area is 184 Å². The monoisotopic (exact) mass is 463 g/mol. The second-order valence-corrected chi connectivity index (χ2v) is 8.93. The smallest absolute Gasteiger partial charge is 0.328 e. The number of anilines is 1. The second-order valence-electron chi connectivity index (χ2n) is 6.81. The van der Waals surface area contributed by atoms with E-state index in [1.54, 1.807) is 28.9 Å². The van der Waals surface area contributed by atoms with Crippen LogP contribution in [0.3, 0.4) is 0 Å². The second kappa shape index (κ2) is 9.80. The lowest BCUT2D eigenvalue weighted by Crippen LogP contribution is -2.39. The molecule has 0 atom stereocenters. The van der Waals surface area contributed by atoms with Gasteiger partial charge in [-0.2, -0.15) is 0 Å². The summed E-state index contributed by atoms with van der Waals surface area (Å²) in [7, 11) is -4.01. The Morgan fingerprint density at radius 3 is 2.55 bits per heavy atom. The summed E-state index contributed by atoms with van der Waals surface area (Å²) in [6.07, 6.45) is 5.09. The highest BCUT2D eigenvalue weighted by Crippen LogP contribution is 2.15. The largest absolute Gasteiger partial charge is 0.337 e. The van der Waals surface area contributed by atoms with Crippen LogP contribution >= 0.6 is 11.6 Å². The number of urea groups is 1. The molecule has 2 heterocycles. The Hall–Kier alpha value is -3.11. The maximum absolute atomic E-state index is 12.3. The molecule has 2 aromatic heterocycles. The molecule has 0 spiro atoms. The summed E-state index contributed by atoms with van der Waals surface area (Å²) in [6, 6.07) is 8.21. The maximum Gasteiger partial charge on any atom is 0.328 e. The molecule has 0 aliphatic heterocycles. The van der Waals surface area contributed by atoms with Crippen molar-refractivity contribution in [3.63, 3.8) is 0 Å². The molecule has 3 N–H and O–H groups in total. The third kappa shape index (κ3) is 6.19. The molecule has 3 amide bonds. The van der Waals surface area contributed by atoms with Crippen LogP contribution < -0.4 is 15.4 Å². The van der Waals surface area contributed by atoms with Gasteiger partial charge < -0.3 is 15.0 Å². The molecule has 31 heavy (non-hydrogen) atoms. The average molecular weight is 464 g/mol. The van der Waals surface area contributed by atoms with Crippen LogP contribution in [0.4, 0.5) is 10.5 Å². The van der Waals surface area contributed by atoms with E-state index in [-0.39, 0.29) is 17.2 Å². The van der Waals surface area contributed by atoms with Crippen LogP contribution in [0.1, 0.15) is 25.5 Å². The number of carbonyl (C=O) groups excluding carboxylic acids is 2. The molecule has 0 bridgehead atoms. The van der Waals surface area contributed by atoms with Crippen LogP contribution in [-0.2, 0) is 21.2 Å². The van der Waals surface area contributed by atoms with Crippen LogP contribution in [0.5, 0.6) is 0 Å². The summed E-state index contributed by atoms with van der Waals surface area (Å²) in [4.78, 5) is 28.3. The predicted molar refractivity (Wildman–Crippen MR) is 118 cm³/mol. The molecule has 1 aromatic carbocycles. The Morgan fingerprint density at radius 2 is 1.84 bits per heavy atom. The minimum absolute atomic E-state index is 0.0405. The lowest BCUT2D eigenvalue weighted by atomic mass is 10.3. The van der Waals surface area contributed by atoms with Gasteiger partial charge in [-0.15, -0.1) is 0 Å². The van der Waals surface area contributed by atoms with Crippen molar-refractivity contribution in [3.8, 4) is 0 Å². The Morgan fingerprint density at radius 1 is 1.10 bits per heavy atom. The van der Waals surface area contributed by atoms with Crippen molar-refractivity contribution in [1.29, 1.82) is 0 Å². The number of benzene rings is 1. The molecule has 0 aliphatic rings. The number of amides is 3. The van der Waals surface area contributed by atoms with Crippen molar-refractivity contribution >= 4 is 44.9 Å². The van der Waals surface area contributed by atoms with Crippen molar-refractivity contribution in [2.75, 3.05) is 11.9 Å².